The number of carbonyl (C=O) groups is 2. The molecule has 1 aliphatic heterocycles. The van der Waals surface area contributed by atoms with Crippen molar-refractivity contribution < 1.29 is 14.3 Å². The van der Waals surface area contributed by atoms with Gasteiger partial charge in [-0.15, -0.1) is 0 Å². The van der Waals surface area contributed by atoms with Crippen molar-refractivity contribution in [2.45, 2.75) is 19.8 Å². The van der Waals surface area contributed by atoms with Crippen molar-refractivity contribution in [1.82, 2.24) is 9.78 Å². The molecule has 2 heterocycles. The first-order chi connectivity index (χ1) is 14.5. The number of hydrogen-bond donors (Lipinski definition) is 1. The van der Waals surface area contributed by atoms with Gasteiger partial charge in [-0.3, -0.25) is 4.79 Å². The molecule has 1 aliphatic rings. The quantitative estimate of drug-likeness (QED) is 0.654. The van der Waals surface area contributed by atoms with E-state index in [1.165, 1.54) is 7.11 Å². The van der Waals surface area contributed by atoms with Crippen molar-refractivity contribution in [2.24, 2.45) is 0 Å². The van der Waals surface area contributed by atoms with E-state index >= 15 is 0 Å². The van der Waals surface area contributed by atoms with Gasteiger partial charge >= 0.3 is 5.97 Å². The van der Waals surface area contributed by atoms with Crippen LogP contribution in [0.3, 0.4) is 0 Å². The Balaban J connectivity index is 1.64. The summed E-state index contributed by atoms with van der Waals surface area (Å²) in [4.78, 5) is 27.3. The van der Waals surface area contributed by atoms with Crippen LogP contribution in [-0.4, -0.2) is 41.9 Å². The predicted octanol–water partition coefficient (Wildman–Crippen LogP) is 3.82. The molecule has 0 radical (unpaired) electrons. The Labute approximate surface area is 175 Å². The second-order valence-corrected chi connectivity index (χ2v) is 7.32. The molecule has 0 atom stereocenters. The van der Waals surface area contributed by atoms with Gasteiger partial charge in [-0.05, 0) is 62.2 Å². The maximum Gasteiger partial charge on any atom is 0.337 e. The molecule has 1 amide bonds. The highest BCUT2D eigenvalue weighted by molar-refractivity contribution is 6.07. The second kappa shape index (κ2) is 8.41. The average Bonchev–Trinajstić information content (AvgIpc) is 3.45. The number of aromatic nitrogens is 2. The number of rotatable bonds is 5. The molecule has 7 heteroatoms. The van der Waals surface area contributed by atoms with E-state index in [0.717, 1.165) is 43.0 Å². The summed E-state index contributed by atoms with van der Waals surface area (Å²) in [7, 11) is 1.34. The number of amides is 1. The normalized spacial score (nSPS) is 13.3. The zero-order chi connectivity index (χ0) is 21.1. The molecule has 1 aromatic heterocycles. The van der Waals surface area contributed by atoms with Crippen molar-refractivity contribution in [3.05, 3.63) is 71.5 Å². The van der Waals surface area contributed by atoms with Crippen LogP contribution in [0, 0.1) is 6.92 Å². The molecular formula is C23H24N4O3. The summed E-state index contributed by atoms with van der Waals surface area (Å²) in [6.45, 7) is 3.77. The van der Waals surface area contributed by atoms with Crippen molar-refractivity contribution in [3.8, 4) is 5.69 Å². The fourth-order valence-electron chi connectivity index (χ4n) is 3.66. The Hall–Kier alpha value is -3.61. The molecule has 2 aromatic carbocycles. The maximum absolute atomic E-state index is 13.0. The number of esters is 1. The van der Waals surface area contributed by atoms with Gasteiger partial charge in [0.05, 0.1) is 35.4 Å². The highest BCUT2D eigenvalue weighted by Crippen LogP contribution is 2.31. The van der Waals surface area contributed by atoms with E-state index in [2.05, 4.69) is 15.3 Å². The Morgan fingerprint density at radius 1 is 1.03 bits per heavy atom. The molecule has 4 rings (SSSR count). The van der Waals surface area contributed by atoms with Crippen LogP contribution in [0.4, 0.5) is 11.4 Å². The van der Waals surface area contributed by atoms with Gasteiger partial charge in [0.1, 0.15) is 0 Å². The lowest BCUT2D eigenvalue weighted by atomic mass is 10.1. The first-order valence-electron chi connectivity index (χ1n) is 9.96. The van der Waals surface area contributed by atoms with Gasteiger partial charge in [0.15, 0.2) is 0 Å². The molecule has 1 fully saturated rings. The second-order valence-electron chi connectivity index (χ2n) is 7.32. The number of nitrogens with zero attached hydrogens (tertiary/aromatic N) is 3. The summed E-state index contributed by atoms with van der Waals surface area (Å²) >= 11 is 0. The standard InChI is InChI=1S/C23H24N4O3/c1-16-10-13-27(25-16)19-7-5-6-17(14-19)22(28)24-20-15-18(23(29)30-2)8-9-21(20)26-11-3-4-12-26/h5-10,13-15H,3-4,11-12H2,1-2H3,(H,24,28). The van der Waals surface area contributed by atoms with Gasteiger partial charge in [0.2, 0.25) is 0 Å². The van der Waals surface area contributed by atoms with E-state index in [1.54, 1.807) is 28.9 Å². The number of methoxy groups -OCH3 is 1. The number of nitrogens with one attached hydrogen (secondary N) is 1. The highest BCUT2D eigenvalue weighted by Gasteiger charge is 2.20. The zero-order valence-electron chi connectivity index (χ0n) is 17.1. The van der Waals surface area contributed by atoms with Crippen LogP contribution < -0.4 is 10.2 Å². The molecule has 0 aliphatic carbocycles. The van der Waals surface area contributed by atoms with Gasteiger partial charge in [0, 0.05) is 24.8 Å². The summed E-state index contributed by atoms with van der Waals surface area (Å²) < 4.78 is 6.57. The number of ether oxygens (including phenoxy) is 1. The monoisotopic (exact) mass is 404 g/mol. The molecule has 154 valence electrons. The van der Waals surface area contributed by atoms with Gasteiger partial charge < -0.3 is 15.0 Å². The number of hydrogen-bond acceptors (Lipinski definition) is 5. The number of aryl methyl sites for hydroxylation is 1. The lowest BCUT2D eigenvalue weighted by Crippen LogP contribution is -2.21. The van der Waals surface area contributed by atoms with Crippen molar-refractivity contribution in [1.29, 1.82) is 0 Å². The minimum Gasteiger partial charge on any atom is -0.465 e. The molecule has 0 unspecified atom stereocenters. The molecule has 0 saturated carbocycles. The summed E-state index contributed by atoms with van der Waals surface area (Å²) in [6.07, 6.45) is 4.08. The minimum absolute atomic E-state index is 0.247. The number of anilines is 2. The SMILES string of the molecule is COC(=O)c1ccc(N2CCCC2)c(NC(=O)c2cccc(-n3ccc(C)n3)c2)c1. The fourth-order valence-corrected chi connectivity index (χ4v) is 3.66. The molecule has 0 spiro atoms. The minimum atomic E-state index is -0.436. The predicted molar refractivity (Wildman–Crippen MR) is 115 cm³/mol. The van der Waals surface area contributed by atoms with Crippen LogP contribution in [0.1, 0.15) is 39.3 Å². The molecule has 1 N–H and O–H groups in total. The highest BCUT2D eigenvalue weighted by atomic mass is 16.5. The Morgan fingerprint density at radius 3 is 2.53 bits per heavy atom. The van der Waals surface area contributed by atoms with Crippen LogP contribution in [0.25, 0.3) is 5.69 Å². The van der Waals surface area contributed by atoms with E-state index in [0.29, 0.717) is 16.8 Å². The fraction of sp³-hybridized carbons (Fsp3) is 0.261. The molecular weight excluding hydrogens is 380 g/mol. The Kier molecular flexibility index (Phi) is 5.52. The first-order valence-corrected chi connectivity index (χ1v) is 9.96. The summed E-state index contributed by atoms with van der Waals surface area (Å²) in [6, 6.07) is 14.5. The van der Waals surface area contributed by atoms with E-state index in [1.807, 2.05) is 37.4 Å². The van der Waals surface area contributed by atoms with E-state index in [4.69, 9.17) is 4.74 Å². The lowest BCUT2D eigenvalue weighted by Gasteiger charge is -2.22. The number of benzene rings is 2. The Morgan fingerprint density at radius 2 is 1.83 bits per heavy atom. The maximum atomic E-state index is 13.0. The zero-order valence-corrected chi connectivity index (χ0v) is 17.1. The van der Waals surface area contributed by atoms with Crippen LogP contribution in [-0.2, 0) is 4.74 Å². The van der Waals surface area contributed by atoms with Crippen molar-refractivity contribution in [2.75, 3.05) is 30.4 Å². The van der Waals surface area contributed by atoms with E-state index < -0.39 is 5.97 Å². The molecule has 30 heavy (non-hydrogen) atoms. The Bertz CT molecular complexity index is 1080. The van der Waals surface area contributed by atoms with Gasteiger partial charge in [-0.2, -0.15) is 5.10 Å². The third kappa shape index (κ3) is 4.05. The third-order valence-electron chi connectivity index (χ3n) is 5.21. The first kappa shape index (κ1) is 19.7. The van der Waals surface area contributed by atoms with Crippen LogP contribution in [0.5, 0.6) is 0 Å². The van der Waals surface area contributed by atoms with Crippen LogP contribution in [0.15, 0.2) is 54.7 Å². The van der Waals surface area contributed by atoms with E-state index in [-0.39, 0.29) is 5.91 Å². The largest absolute Gasteiger partial charge is 0.465 e. The summed E-state index contributed by atoms with van der Waals surface area (Å²) in [5.74, 6) is -0.683. The van der Waals surface area contributed by atoms with Gasteiger partial charge in [-0.1, -0.05) is 6.07 Å². The topological polar surface area (TPSA) is 76.5 Å². The van der Waals surface area contributed by atoms with Crippen molar-refractivity contribution in [3.63, 3.8) is 0 Å². The van der Waals surface area contributed by atoms with Gasteiger partial charge in [0.25, 0.3) is 5.91 Å². The lowest BCUT2D eigenvalue weighted by molar-refractivity contribution is 0.0600. The molecule has 7 nitrogen and oxygen atoms in total. The molecule has 1 saturated heterocycles. The summed E-state index contributed by atoms with van der Waals surface area (Å²) in [5, 5.41) is 7.39. The summed E-state index contributed by atoms with van der Waals surface area (Å²) in [5.41, 5.74) is 4.13. The smallest absolute Gasteiger partial charge is 0.337 e. The number of carbonyl (C=O) groups excluding carboxylic acids is 2. The van der Waals surface area contributed by atoms with Crippen LogP contribution in [0.2, 0.25) is 0 Å². The molecule has 3 aromatic rings. The van der Waals surface area contributed by atoms with Crippen molar-refractivity contribution >= 4 is 23.3 Å². The average molecular weight is 404 g/mol. The van der Waals surface area contributed by atoms with Gasteiger partial charge in [-0.25, -0.2) is 9.48 Å². The molecule has 0 bridgehead atoms. The third-order valence-corrected chi connectivity index (χ3v) is 5.21. The van der Waals surface area contributed by atoms with E-state index in [9.17, 15) is 9.59 Å². The van der Waals surface area contributed by atoms with Crippen LogP contribution >= 0.6 is 0 Å².